The van der Waals surface area contributed by atoms with Gasteiger partial charge in [-0.15, -0.1) is 0 Å². The molecule has 0 unspecified atom stereocenters. The minimum absolute atomic E-state index is 0.698. The third-order valence-corrected chi connectivity index (χ3v) is 14.6. The van der Waals surface area contributed by atoms with Gasteiger partial charge in [0.05, 0.1) is 22.1 Å². The normalized spacial score (nSPS) is 11.9. The van der Waals surface area contributed by atoms with E-state index in [-0.39, 0.29) is 0 Å². The predicted molar refractivity (Wildman–Crippen MR) is 298 cm³/mol. The highest BCUT2D eigenvalue weighted by Crippen LogP contribution is 2.48. The maximum atomic E-state index is 5.01. The van der Waals surface area contributed by atoms with E-state index < -0.39 is 0 Å². The van der Waals surface area contributed by atoms with Gasteiger partial charge in [-0.2, -0.15) is 0 Å². The summed E-state index contributed by atoms with van der Waals surface area (Å²) >= 11 is 0. The topological polar surface area (TPSA) is 61.4 Å². The van der Waals surface area contributed by atoms with Crippen LogP contribution in [0.25, 0.3) is 143 Å². The third-order valence-electron chi connectivity index (χ3n) is 14.6. The minimum Gasteiger partial charge on any atom is -0.309 e. The first-order valence-corrected chi connectivity index (χ1v) is 24.4. The molecule has 15 aromatic rings. The first-order valence-electron chi connectivity index (χ1n) is 24.4. The number of nitrogens with zero attached hydrogens (tertiary/aromatic N) is 6. The van der Waals surface area contributed by atoms with Gasteiger partial charge in [-0.1, -0.05) is 146 Å². The Morgan fingerprint density at radius 3 is 1.01 bits per heavy atom. The molecule has 0 aliphatic carbocycles. The molecule has 4 aromatic heterocycles. The number of fused-ring (bicyclic) bond motifs is 14. The number of aromatic nitrogens is 6. The van der Waals surface area contributed by atoms with Crippen LogP contribution < -0.4 is 0 Å². The summed E-state index contributed by atoms with van der Waals surface area (Å²) in [6.45, 7) is 0. The molecule has 0 amide bonds. The molecule has 11 aromatic carbocycles. The first-order chi connectivity index (χ1) is 35.7. The standard InChI is InChI=1S/C66H40N6/c1-5-17-41(18-6-1)65-67-37-45(38-68-65)55-35-43-33-54-44(34-53(43)49-29-31-59-63(61(49)55)51-25-13-15-27-57(51)71(59)47-21-9-3-10-22-47)36-56(46-39-69-66(70-40-46)42-19-7-2-8-20-42)62-50(54)30-32-60-64(62)52-26-14-16-28-58(52)72(60)48-23-11-4-12-24-48/h1-40H. The molecule has 4 heterocycles. The average molecular weight is 917 g/mol. The summed E-state index contributed by atoms with van der Waals surface area (Å²) in [5.41, 5.74) is 12.9. The molecular formula is C66H40N6. The lowest BCUT2D eigenvalue weighted by Gasteiger charge is -2.17. The molecule has 0 saturated carbocycles. The number of hydrogen-bond acceptors (Lipinski definition) is 4. The number of hydrogen-bond donors (Lipinski definition) is 0. The van der Waals surface area contributed by atoms with Crippen molar-refractivity contribution < 1.29 is 0 Å². The quantitative estimate of drug-likeness (QED) is 0.123. The van der Waals surface area contributed by atoms with Crippen molar-refractivity contribution in [1.82, 2.24) is 29.1 Å². The Kier molecular flexibility index (Phi) is 8.86. The highest BCUT2D eigenvalue weighted by atomic mass is 15.0. The zero-order valence-corrected chi connectivity index (χ0v) is 38.8. The van der Waals surface area contributed by atoms with E-state index in [2.05, 4.69) is 191 Å². The number of para-hydroxylation sites is 4. The second-order valence-electron chi connectivity index (χ2n) is 18.6. The fourth-order valence-corrected chi connectivity index (χ4v) is 11.5. The maximum absolute atomic E-state index is 5.01. The molecule has 6 heteroatoms. The van der Waals surface area contributed by atoms with Crippen molar-refractivity contribution in [2.75, 3.05) is 0 Å². The Morgan fingerprint density at radius 1 is 0.250 bits per heavy atom. The summed E-state index contributed by atoms with van der Waals surface area (Å²) in [5.74, 6) is 1.40. The predicted octanol–water partition coefficient (Wildman–Crippen LogP) is 16.7. The zero-order valence-electron chi connectivity index (χ0n) is 38.8. The van der Waals surface area contributed by atoms with E-state index in [9.17, 15) is 0 Å². The Morgan fingerprint density at radius 2 is 0.611 bits per heavy atom. The molecular weight excluding hydrogens is 877 g/mol. The average Bonchev–Trinajstić information content (AvgIpc) is 3.99. The summed E-state index contributed by atoms with van der Waals surface area (Å²) in [7, 11) is 0. The van der Waals surface area contributed by atoms with Crippen LogP contribution in [-0.4, -0.2) is 29.1 Å². The Hall–Kier alpha value is -9.78. The van der Waals surface area contributed by atoms with Crippen LogP contribution in [0.5, 0.6) is 0 Å². The van der Waals surface area contributed by atoms with Gasteiger partial charge >= 0.3 is 0 Å². The molecule has 0 fully saturated rings. The van der Waals surface area contributed by atoms with E-state index in [1.165, 1.54) is 53.9 Å². The van der Waals surface area contributed by atoms with Crippen molar-refractivity contribution in [2.45, 2.75) is 0 Å². The van der Waals surface area contributed by atoms with Gasteiger partial charge in [0.25, 0.3) is 0 Å². The molecule has 0 bridgehead atoms. The van der Waals surface area contributed by atoms with Crippen LogP contribution in [-0.2, 0) is 0 Å². The number of benzene rings is 11. The SMILES string of the molecule is c1ccc(-c2ncc(-c3cc4cc5c(cc(-c6cnc(-c7ccccc7)nc6)c6c5ccc5c6c6ccccc6n5-c5ccccc5)cc4c4ccc5c(c6ccccc6n5-c5ccccc5)c34)cn2)cc1. The molecule has 15 rings (SSSR count). The van der Waals surface area contributed by atoms with Gasteiger partial charge < -0.3 is 9.13 Å². The summed E-state index contributed by atoms with van der Waals surface area (Å²) in [5, 5.41) is 14.1. The van der Waals surface area contributed by atoms with Gasteiger partial charge in [0.2, 0.25) is 0 Å². The summed E-state index contributed by atoms with van der Waals surface area (Å²) in [6, 6.07) is 78.2. The van der Waals surface area contributed by atoms with E-state index in [0.29, 0.717) is 11.6 Å². The van der Waals surface area contributed by atoms with Gasteiger partial charge in [0.1, 0.15) is 0 Å². The van der Waals surface area contributed by atoms with Crippen molar-refractivity contribution >= 4 is 86.7 Å². The van der Waals surface area contributed by atoms with Gasteiger partial charge in [0.15, 0.2) is 11.6 Å². The molecule has 72 heavy (non-hydrogen) atoms. The lowest BCUT2D eigenvalue weighted by Crippen LogP contribution is -1.95. The molecule has 6 nitrogen and oxygen atoms in total. The largest absolute Gasteiger partial charge is 0.309 e. The molecule has 0 saturated heterocycles. The second kappa shape index (κ2) is 15.9. The van der Waals surface area contributed by atoms with Gasteiger partial charge in [0, 0.05) is 90.7 Å². The Bertz CT molecular complexity index is 4320. The fourth-order valence-electron chi connectivity index (χ4n) is 11.5. The molecule has 334 valence electrons. The number of rotatable bonds is 6. The smallest absolute Gasteiger partial charge is 0.159 e. The van der Waals surface area contributed by atoms with Gasteiger partial charge in [-0.3, -0.25) is 0 Å². The molecule has 0 spiro atoms. The van der Waals surface area contributed by atoms with E-state index in [0.717, 1.165) is 77.6 Å². The lowest BCUT2D eigenvalue weighted by atomic mass is 9.87. The van der Waals surface area contributed by atoms with Crippen molar-refractivity contribution in [3.05, 3.63) is 243 Å². The molecule has 0 atom stereocenters. The highest BCUT2D eigenvalue weighted by molar-refractivity contribution is 6.33. The van der Waals surface area contributed by atoms with Gasteiger partial charge in [-0.05, 0) is 116 Å². The van der Waals surface area contributed by atoms with Crippen LogP contribution in [0.15, 0.2) is 243 Å². The summed E-state index contributed by atoms with van der Waals surface area (Å²) in [4.78, 5) is 20.0. The van der Waals surface area contributed by atoms with Crippen LogP contribution in [0.2, 0.25) is 0 Å². The first kappa shape index (κ1) is 40.1. The summed E-state index contributed by atoms with van der Waals surface area (Å²) in [6.07, 6.45) is 7.99. The Balaban J connectivity index is 1.06. The highest BCUT2D eigenvalue weighted by Gasteiger charge is 2.23. The van der Waals surface area contributed by atoms with Gasteiger partial charge in [-0.25, -0.2) is 19.9 Å². The van der Waals surface area contributed by atoms with Crippen LogP contribution >= 0.6 is 0 Å². The fraction of sp³-hybridized carbons (Fsp3) is 0. The van der Waals surface area contributed by atoms with E-state index >= 15 is 0 Å². The minimum atomic E-state index is 0.698. The van der Waals surface area contributed by atoms with Crippen molar-refractivity contribution in [1.29, 1.82) is 0 Å². The van der Waals surface area contributed by atoms with Crippen molar-refractivity contribution in [2.24, 2.45) is 0 Å². The van der Waals surface area contributed by atoms with Crippen LogP contribution in [0.1, 0.15) is 0 Å². The van der Waals surface area contributed by atoms with Crippen LogP contribution in [0, 0.1) is 0 Å². The molecule has 0 N–H and O–H groups in total. The molecule has 0 radical (unpaired) electrons. The van der Waals surface area contributed by atoms with E-state index in [4.69, 9.17) is 19.9 Å². The van der Waals surface area contributed by atoms with E-state index in [1.54, 1.807) is 0 Å². The molecule has 0 aliphatic rings. The maximum Gasteiger partial charge on any atom is 0.159 e. The van der Waals surface area contributed by atoms with Crippen LogP contribution in [0.4, 0.5) is 0 Å². The van der Waals surface area contributed by atoms with Crippen molar-refractivity contribution in [3.8, 4) is 56.4 Å². The third kappa shape index (κ3) is 6.09. The monoisotopic (exact) mass is 916 g/mol. The lowest BCUT2D eigenvalue weighted by molar-refractivity contribution is 1.18. The Labute approximate surface area is 413 Å². The van der Waals surface area contributed by atoms with Crippen LogP contribution in [0.3, 0.4) is 0 Å². The van der Waals surface area contributed by atoms with E-state index in [1.807, 2.05) is 61.2 Å². The summed E-state index contributed by atoms with van der Waals surface area (Å²) < 4.78 is 4.79. The zero-order chi connectivity index (χ0) is 47.3. The van der Waals surface area contributed by atoms with Crippen molar-refractivity contribution in [3.63, 3.8) is 0 Å². The molecule has 0 aliphatic heterocycles. The second-order valence-corrected chi connectivity index (χ2v) is 18.6.